The first-order chi connectivity index (χ1) is 17.5. The van der Waals surface area contributed by atoms with Crippen molar-refractivity contribution in [3.63, 3.8) is 0 Å². The summed E-state index contributed by atoms with van der Waals surface area (Å²) < 4.78 is 16.8. The van der Waals surface area contributed by atoms with E-state index in [0.29, 0.717) is 47.9 Å². The van der Waals surface area contributed by atoms with Crippen LogP contribution in [0.3, 0.4) is 0 Å². The minimum Gasteiger partial charge on any atom is -0.497 e. The number of furan rings is 1. The second kappa shape index (κ2) is 10.2. The first-order valence-corrected chi connectivity index (χ1v) is 12.6. The maximum atomic E-state index is 13.8. The monoisotopic (exact) mass is 509 g/mol. The summed E-state index contributed by atoms with van der Waals surface area (Å²) in [4.78, 5) is 43.9. The van der Waals surface area contributed by atoms with E-state index in [-0.39, 0.29) is 30.9 Å². The van der Waals surface area contributed by atoms with Gasteiger partial charge in [0.25, 0.3) is 11.8 Å². The highest BCUT2D eigenvalue weighted by Crippen LogP contribution is 2.39. The number of nitrogens with zero attached hydrogens (tertiary/aromatic N) is 2. The maximum absolute atomic E-state index is 13.8. The number of ether oxygens (including phenoxy) is 2. The first kappa shape index (κ1) is 24.1. The summed E-state index contributed by atoms with van der Waals surface area (Å²) in [6.45, 7) is 1.13. The minimum absolute atomic E-state index is 0.0291. The molecule has 36 heavy (non-hydrogen) atoms. The summed E-state index contributed by atoms with van der Waals surface area (Å²) in [7, 11) is 1.56. The molecule has 3 amide bonds. The van der Waals surface area contributed by atoms with Crippen LogP contribution in [0.15, 0.2) is 64.6 Å². The molecule has 2 aliphatic rings. The van der Waals surface area contributed by atoms with E-state index in [1.807, 2.05) is 17.5 Å². The van der Waals surface area contributed by atoms with Crippen molar-refractivity contribution in [3.05, 3.63) is 76.4 Å². The molecule has 1 N–H and O–H groups in total. The lowest BCUT2D eigenvalue weighted by atomic mass is 9.96. The lowest BCUT2D eigenvalue weighted by molar-refractivity contribution is -0.128. The summed E-state index contributed by atoms with van der Waals surface area (Å²) in [6.07, 6.45) is 2.36. The number of piperidine rings is 1. The number of methoxy groups -OCH3 is 1. The Bertz CT molecular complexity index is 1200. The number of hydrogen-bond donors (Lipinski definition) is 1. The van der Waals surface area contributed by atoms with Gasteiger partial charge in [-0.15, -0.1) is 11.3 Å². The van der Waals surface area contributed by atoms with Crippen molar-refractivity contribution in [2.45, 2.75) is 31.2 Å². The van der Waals surface area contributed by atoms with E-state index in [0.717, 1.165) is 0 Å². The molecule has 188 valence electrons. The molecule has 0 bridgehead atoms. The Morgan fingerprint density at radius 2 is 1.86 bits per heavy atom. The Morgan fingerprint density at radius 3 is 2.50 bits per heavy atom. The van der Waals surface area contributed by atoms with E-state index < -0.39 is 11.8 Å². The van der Waals surface area contributed by atoms with Crippen molar-refractivity contribution >= 4 is 29.1 Å². The number of amides is 3. The SMILES string of the molecule is COc1ccc(C(=O)N2C(C(=O)NCc3ccco3)COC23CCN(C(=O)c2cccs2)CC3)cc1. The van der Waals surface area contributed by atoms with Gasteiger partial charge in [0, 0.05) is 31.5 Å². The Hall–Kier alpha value is -3.63. The fourth-order valence-electron chi connectivity index (χ4n) is 4.76. The molecule has 2 saturated heterocycles. The van der Waals surface area contributed by atoms with Crippen LogP contribution in [-0.2, 0) is 16.1 Å². The van der Waals surface area contributed by atoms with Gasteiger partial charge in [0.05, 0.1) is 31.4 Å². The third-order valence-electron chi connectivity index (χ3n) is 6.70. The van der Waals surface area contributed by atoms with Gasteiger partial charge in [-0.25, -0.2) is 0 Å². The van der Waals surface area contributed by atoms with Crippen LogP contribution in [0.4, 0.5) is 0 Å². The zero-order valence-electron chi connectivity index (χ0n) is 19.8. The molecule has 2 aromatic heterocycles. The van der Waals surface area contributed by atoms with E-state index in [4.69, 9.17) is 13.9 Å². The largest absolute Gasteiger partial charge is 0.497 e. The first-order valence-electron chi connectivity index (χ1n) is 11.8. The average molecular weight is 510 g/mol. The lowest BCUT2D eigenvalue weighted by Gasteiger charge is -2.44. The molecule has 0 radical (unpaired) electrons. The summed E-state index contributed by atoms with van der Waals surface area (Å²) >= 11 is 1.40. The van der Waals surface area contributed by atoms with Crippen molar-refractivity contribution in [3.8, 4) is 5.75 Å². The predicted molar refractivity (Wildman–Crippen MR) is 132 cm³/mol. The van der Waals surface area contributed by atoms with Crippen LogP contribution in [-0.4, -0.2) is 66.1 Å². The molecule has 4 heterocycles. The lowest BCUT2D eigenvalue weighted by Crippen LogP contribution is -2.59. The van der Waals surface area contributed by atoms with Crippen LogP contribution in [0.1, 0.15) is 38.6 Å². The molecule has 1 atom stereocenters. The summed E-state index contributed by atoms with van der Waals surface area (Å²) in [5.41, 5.74) is -0.544. The van der Waals surface area contributed by atoms with Gasteiger partial charge in [0.15, 0.2) is 0 Å². The molecule has 1 aromatic carbocycles. The number of thiophene rings is 1. The highest BCUT2D eigenvalue weighted by Gasteiger charge is 2.54. The van der Waals surface area contributed by atoms with Gasteiger partial charge in [0.2, 0.25) is 5.91 Å². The molecule has 10 heteroatoms. The van der Waals surface area contributed by atoms with Gasteiger partial charge in [-0.05, 0) is 47.8 Å². The quantitative estimate of drug-likeness (QED) is 0.548. The number of hydrogen-bond acceptors (Lipinski definition) is 7. The van der Waals surface area contributed by atoms with E-state index >= 15 is 0 Å². The van der Waals surface area contributed by atoms with E-state index in [1.54, 1.807) is 59.6 Å². The van der Waals surface area contributed by atoms with Crippen LogP contribution >= 0.6 is 11.3 Å². The van der Waals surface area contributed by atoms with Gasteiger partial charge in [0.1, 0.15) is 23.3 Å². The van der Waals surface area contributed by atoms with Gasteiger partial charge in [-0.3, -0.25) is 19.3 Å². The Kier molecular flexibility index (Phi) is 6.80. The highest BCUT2D eigenvalue weighted by atomic mass is 32.1. The third-order valence-corrected chi connectivity index (χ3v) is 7.56. The van der Waals surface area contributed by atoms with Crippen LogP contribution in [0.5, 0.6) is 5.75 Å². The second-order valence-corrected chi connectivity index (χ2v) is 9.69. The molecule has 9 nitrogen and oxygen atoms in total. The molecule has 2 fully saturated rings. The normalized spacial score (nSPS) is 18.9. The number of rotatable bonds is 6. The number of likely N-dealkylation sites (tertiary alicyclic amines) is 1. The van der Waals surface area contributed by atoms with Gasteiger partial charge >= 0.3 is 0 Å². The van der Waals surface area contributed by atoms with E-state index in [1.165, 1.54) is 11.3 Å². The highest BCUT2D eigenvalue weighted by molar-refractivity contribution is 7.12. The summed E-state index contributed by atoms with van der Waals surface area (Å²) in [6, 6.07) is 13.2. The number of carbonyl (C=O) groups excluding carboxylic acids is 3. The zero-order valence-corrected chi connectivity index (χ0v) is 20.7. The van der Waals surface area contributed by atoms with Gasteiger partial charge in [-0.2, -0.15) is 0 Å². The molecule has 2 aliphatic heterocycles. The van der Waals surface area contributed by atoms with Crippen LogP contribution in [0.2, 0.25) is 0 Å². The fraction of sp³-hybridized carbons (Fsp3) is 0.346. The Labute approximate surface area is 212 Å². The molecular weight excluding hydrogens is 482 g/mol. The van der Waals surface area contributed by atoms with E-state index in [2.05, 4.69) is 5.32 Å². The maximum Gasteiger partial charge on any atom is 0.263 e. The van der Waals surface area contributed by atoms with Crippen LogP contribution < -0.4 is 10.1 Å². The van der Waals surface area contributed by atoms with Crippen LogP contribution in [0, 0.1) is 0 Å². The van der Waals surface area contributed by atoms with Gasteiger partial charge in [-0.1, -0.05) is 6.07 Å². The Morgan fingerprint density at radius 1 is 1.08 bits per heavy atom. The topological polar surface area (TPSA) is 101 Å². The van der Waals surface area contributed by atoms with Crippen molar-refractivity contribution < 1.29 is 28.3 Å². The Balaban J connectivity index is 1.37. The number of carbonyl (C=O) groups is 3. The smallest absolute Gasteiger partial charge is 0.263 e. The third kappa shape index (κ3) is 4.61. The standard InChI is InChI=1S/C26H27N3O6S/c1-33-19-8-6-18(7-9-19)24(31)29-21(23(30)27-16-20-4-2-14-34-20)17-35-26(29)10-12-28(13-11-26)25(32)22-5-3-15-36-22/h2-9,14-15,21H,10-13,16-17H2,1H3,(H,27,30). The summed E-state index contributed by atoms with van der Waals surface area (Å²) in [5, 5.41) is 4.73. The number of nitrogens with one attached hydrogen (secondary N) is 1. The average Bonchev–Trinajstić information content (AvgIpc) is 3.69. The molecule has 0 saturated carbocycles. The summed E-state index contributed by atoms with van der Waals surface area (Å²) in [5.74, 6) is 0.602. The fourth-order valence-corrected chi connectivity index (χ4v) is 5.45. The van der Waals surface area contributed by atoms with E-state index in [9.17, 15) is 14.4 Å². The van der Waals surface area contributed by atoms with Crippen molar-refractivity contribution in [2.24, 2.45) is 0 Å². The zero-order chi connectivity index (χ0) is 25.1. The van der Waals surface area contributed by atoms with Gasteiger partial charge < -0.3 is 24.1 Å². The molecule has 1 spiro atoms. The second-order valence-electron chi connectivity index (χ2n) is 8.74. The molecule has 3 aromatic rings. The van der Waals surface area contributed by atoms with Crippen LogP contribution in [0.25, 0.3) is 0 Å². The number of benzene rings is 1. The minimum atomic E-state index is -0.976. The predicted octanol–water partition coefficient (Wildman–Crippen LogP) is 3.14. The molecular formula is C26H27N3O6S. The molecule has 1 unspecified atom stereocenters. The van der Waals surface area contributed by atoms with Crippen molar-refractivity contribution in [1.29, 1.82) is 0 Å². The van der Waals surface area contributed by atoms with Crippen molar-refractivity contribution in [1.82, 2.24) is 15.1 Å². The van der Waals surface area contributed by atoms with Crippen molar-refractivity contribution in [2.75, 3.05) is 26.8 Å². The molecule has 0 aliphatic carbocycles. The molecule has 5 rings (SSSR count).